The van der Waals surface area contributed by atoms with Crippen molar-refractivity contribution >= 4 is 34.6 Å². The molecule has 2 rings (SSSR count). The Kier molecular flexibility index (Phi) is 7.78. The number of carbonyl (C=O) groups excluding carboxylic acids is 2. The van der Waals surface area contributed by atoms with E-state index in [1.54, 1.807) is 13.0 Å². The average molecular weight is 434 g/mol. The van der Waals surface area contributed by atoms with E-state index < -0.39 is 23.4 Å². The van der Waals surface area contributed by atoms with Crippen LogP contribution in [0.5, 0.6) is 5.75 Å². The maximum Gasteiger partial charge on any atom is 0.434 e. The number of aliphatic imine (C=N–C) groups is 1. The number of benzene rings is 2. The van der Waals surface area contributed by atoms with Crippen LogP contribution < -0.4 is 21.1 Å². The zero-order valence-electron chi connectivity index (χ0n) is 16.8. The second-order valence-corrected chi connectivity index (χ2v) is 6.17. The Balaban J connectivity index is 2.32. The molecule has 2 aromatic rings. The van der Waals surface area contributed by atoms with Crippen molar-refractivity contribution in [3.63, 3.8) is 0 Å². The summed E-state index contributed by atoms with van der Waals surface area (Å²) >= 11 is 0. The number of rotatable bonds is 7. The molecule has 31 heavy (non-hydrogen) atoms. The van der Waals surface area contributed by atoms with Crippen LogP contribution in [0.4, 0.5) is 30.2 Å². The molecule has 0 heterocycles. The average Bonchev–Trinajstić information content (AvgIpc) is 2.73. The van der Waals surface area contributed by atoms with E-state index in [-0.39, 0.29) is 23.7 Å². The fourth-order valence-corrected chi connectivity index (χ4v) is 2.45. The molecule has 4 N–H and O–H groups in total. The molecule has 0 unspecified atom stereocenters. The SMILES string of the molecule is CCC(=O)Nc1cccc(NC(=O)C(=CN)C(=Nc2ccc(OC)cc2)C(F)(F)F)c1. The van der Waals surface area contributed by atoms with Crippen molar-refractivity contribution in [3.8, 4) is 5.75 Å². The van der Waals surface area contributed by atoms with Gasteiger partial charge in [-0.25, -0.2) is 4.99 Å². The first-order chi connectivity index (χ1) is 14.7. The summed E-state index contributed by atoms with van der Waals surface area (Å²) in [5.74, 6) is -0.919. The maximum absolute atomic E-state index is 13.7. The van der Waals surface area contributed by atoms with Gasteiger partial charge in [0.2, 0.25) is 5.91 Å². The van der Waals surface area contributed by atoms with Gasteiger partial charge in [-0.1, -0.05) is 13.0 Å². The lowest BCUT2D eigenvalue weighted by Gasteiger charge is -2.15. The normalized spacial score (nSPS) is 12.3. The summed E-state index contributed by atoms with van der Waals surface area (Å²) in [5.41, 5.74) is 3.56. The Labute approximate surface area is 176 Å². The lowest BCUT2D eigenvalue weighted by molar-refractivity contribution is -0.116. The standard InChI is InChI=1S/C21H21F3N4O3/c1-3-18(29)26-14-5-4-6-15(11-14)28-20(30)17(12-25)19(21(22,23)24)27-13-7-9-16(31-2)10-8-13/h4-12H,3,25H2,1-2H3,(H,26,29)(H,28,30). The van der Waals surface area contributed by atoms with Gasteiger partial charge in [-0.05, 0) is 42.5 Å². The topological polar surface area (TPSA) is 106 Å². The van der Waals surface area contributed by atoms with Gasteiger partial charge in [-0.2, -0.15) is 13.2 Å². The van der Waals surface area contributed by atoms with Crippen molar-refractivity contribution in [2.24, 2.45) is 10.7 Å². The molecule has 2 aromatic carbocycles. The van der Waals surface area contributed by atoms with E-state index in [9.17, 15) is 22.8 Å². The second kappa shape index (κ2) is 10.3. The molecule has 0 spiro atoms. The number of carbonyl (C=O) groups is 2. The Morgan fingerprint density at radius 3 is 2.23 bits per heavy atom. The molecule has 0 saturated heterocycles. The number of methoxy groups -OCH3 is 1. The number of nitrogens with zero attached hydrogens (tertiary/aromatic N) is 1. The lowest BCUT2D eigenvalue weighted by atomic mass is 10.1. The summed E-state index contributed by atoms with van der Waals surface area (Å²) in [5, 5.41) is 4.94. The van der Waals surface area contributed by atoms with E-state index in [0.717, 1.165) is 0 Å². The number of nitrogens with two attached hydrogens (primary N) is 1. The molecule has 7 nitrogen and oxygen atoms in total. The molecule has 0 aromatic heterocycles. The van der Waals surface area contributed by atoms with Crippen molar-refractivity contribution in [2.75, 3.05) is 17.7 Å². The van der Waals surface area contributed by atoms with E-state index in [1.807, 2.05) is 0 Å². The predicted octanol–water partition coefficient (Wildman–Crippen LogP) is 4.16. The van der Waals surface area contributed by atoms with Gasteiger partial charge in [-0.15, -0.1) is 0 Å². The highest BCUT2D eigenvalue weighted by Crippen LogP contribution is 2.27. The summed E-state index contributed by atoms with van der Waals surface area (Å²) in [6.45, 7) is 1.67. The van der Waals surface area contributed by atoms with E-state index in [4.69, 9.17) is 10.5 Å². The highest BCUT2D eigenvalue weighted by atomic mass is 19.4. The third-order valence-electron chi connectivity index (χ3n) is 3.97. The van der Waals surface area contributed by atoms with Gasteiger partial charge in [0.05, 0.1) is 18.4 Å². The Hall–Kier alpha value is -3.82. The summed E-state index contributed by atoms with van der Waals surface area (Å²) < 4.78 is 45.9. The minimum absolute atomic E-state index is 0.0375. The first-order valence-electron chi connectivity index (χ1n) is 9.11. The molecule has 0 aliphatic heterocycles. The van der Waals surface area contributed by atoms with Crippen LogP contribution in [-0.4, -0.2) is 30.8 Å². The van der Waals surface area contributed by atoms with Crippen LogP contribution in [0.25, 0.3) is 0 Å². The number of hydrogen-bond donors (Lipinski definition) is 3. The minimum atomic E-state index is -4.95. The number of amides is 2. The molecule has 0 aliphatic carbocycles. The van der Waals surface area contributed by atoms with Crippen molar-refractivity contribution in [3.05, 3.63) is 60.3 Å². The Bertz CT molecular complexity index is 1000. The van der Waals surface area contributed by atoms with Crippen molar-refractivity contribution in [1.82, 2.24) is 0 Å². The quantitative estimate of drug-likeness (QED) is 0.449. The van der Waals surface area contributed by atoms with E-state index >= 15 is 0 Å². The zero-order valence-corrected chi connectivity index (χ0v) is 16.8. The van der Waals surface area contributed by atoms with Crippen LogP contribution in [0.1, 0.15) is 13.3 Å². The molecule has 0 aliphatic rings. The monoisotopic (exact) mass is 434 g/mol. The highest BCUT2D eigenvalue weighted by molar-refractivity contribution is 6.27. The van der Waals surface area contributed by atoms with E-state index in [2.05, 4.69) is 15.6 Å². The lowest BCUT2D eigenvalue weighted by Crippen LogP contribution is -2.32. The molecular formula is C21H21F3N4O3. The first-order valence-corrected chi connectivity index (χ1v) is 9.11. The zero-order chi connectivity index (χ0) is 23.0. The van der Waals surface area contributed by atoms with Crippen LogP contribution in [0, 0.1) is 0 Å². The van der Waals surface area contributed by atoms with Gasteiger partial charge in [0, 0.05) is 24.0 Å². The van der Waals surface area contributed by atoms with Gasteiger partial charge in [0.1, 0.15) is 5.75 Å². The molecular weight excluding hydrogens is 413 g/mol. The molecule has 0 fully saturated rings. The molecule has 2 amide bonds. The maximum atomic E-state index is 13.7. The molecule has 10 heteroatoms. The number of halogens is 3. The number of anilines is 2. The van der Waals surface area contributed by atoms with Crippen molar-refractivity contribution in [1.29, 1.82) is 0 Å². The number of nitrogens with one attached hydrogen (secondary N) is 2. The first kappa shape index (κ1) is 23.5. The second-order valence-electron chi connectivity index (χ2n) is 6.17. The summed E-state index contributed by atoms with van der Waals surface area (Å²) in [6.07, 6.45) is -4.15. The van der Waals surface area contributed by atoms with Crippen molar-refractivity contribution < 1.29 is 27.5 Å². The van der Waals surface area contributed by atoms with E-state index in [0.29, 0.717) is 17.6 Å². The smallest absolute Gasteiger partial charge is 0.434 e. The molecule has 0 bridgehead atoms. The molecule has 164 valence electrons. The minimum Gasteiger partial charge on any atom is -0.497 e. The van der Waals surface area contributed by atoms with Crippen LogP contribution >= 0.6 is 0 Å². The largest absolute Gasteiger partial charge is 0.497 e. The predicted molar refractivity (Wildman–Crippen MR) is 112 cm³/mol. The van der Waals surface area contributed by atoms with Gasteiger partial charge in [0.25, 0.3) is 5.91 Å². The summed E-state index contributed by atoms with van der Waals surface area (Å²) in [7, 11) is 1.42. The van der Waals surface area contributed by atoms with Gasteiger partial charge in [0.15, 0.2) is 5.71 Å². The molecule has 0 atom stereocenters. The third-order valence-corrected chi connectivity index (χ3v) is 3.97. The fourth-order valence-electron chi connectivity index (χ4n) is 2.45. The Morgan fingerprint density at radius 2 is 1.71 bits per heavy atom. The van der Waals surface area contributed by atoms with Crippen molar-refractivity contribution in [2.45, 2.75) is 19.5 Å². The van der Waals surface area contributed by atoms with Gasteiger partial charge < -0.3 is 21.1 Å². The Morgan fingerprint density at radius 1 is 1.10 bits per heavy atom. The van der Waals surface area contributed by atoms with Crippen LogP contribution in [-0.2, 0) is 9.59 Å². The highest BCUT2D eigenvalue weighted by Gasteiger charge is 2.40. The number of hydrogen-bond acceptors (Lipinski definition) is 5. The molecule has 0 radical (unpaired) electrons. The van der Waals surface area contributed by atoms with Gasteiger partial charge >= 0.3 is 6.18 Å². The van der Waals surface area contributed by atoms with E-state index in [1.165, 1.54) is 49.6 Å². The van der Waals surface area contributed by atoms with Crippen LogP contribution in [0.3, 0.4) is 0 Å². The fraction of sp³-hybridized carbons (Fsp3) is 0.190. The van der Waals surface area contributed by atoms with Crippen LogP contribution in [0.2, 0.25) is 0 Å². The summed E-state index contributed by atoms with van der Waals surface area (Å²) in [4.78, 5) is 27.7. The third kappa shape index (κ3) is 6.59. The number of ether oxygens (including phenoxy) is 1. The molecule has 0 saturated carbocycles. The van der Waals surface area contributed by atoms with Crippen LogP contribution in [0.15, 0.2) is 65.3 Å². The summed E-state index contributed by atoms with van der Waals surface area (Å²) in [6, 6.07) is 11.5. The number of alkyl halides is 3. The van der Waals surface area contributed by atoms with Gasteiger partial charge in [-0.3, -0.25) is 9.59 Å².